The Labute approximate surface area is 212 Å². The first kappa shape index (κ1) is 37.1. The number of carboxylic acid groups (broad SMARTS) is 2. The number of aliphatic carboxylic acids is 2. The molecule has 0 fully saturated rings. The van der Waals surface area contributed by atoms with E-state index in [4.69, 9.17) is 9.84 Å². The van der Waals surface area contributed by atoms with Crippen LogP contribution in [0.25, 0.3) is 0 Å². The van der Waals surface area contributed by atoms with Crippen molar-refractivity contribution in [2.24, 2.45) is 0 Å². The standard InChI is InChI=1S/C14H26O4.C8H13NO3.C4H11N/c1-2-3-4-5-8-11-14(17)18-12-9-6-7-10-13(15)16;1-3-6-9(2)7(10)4-5-8(11)12;1-3-4-5-2/h2-12H2,1H3,(H,15,16);4-5H,3,6H2,1-2H3,(H,11,12);5H,3-4H2,1-2H3/p-1. The Morgan fingerprint density at radius 2 is 1.46 bits per heavy atom. The zero-order valence-electron chi connectivity index (χ0n) is 22.6. The van der Waals surface area contributed by atoms with Crippen molar-refractivity contribution in [3.05, 3.63) is 12.2 Å². The van der Waals surface area contributed by atoms with E-state index < -0.39 is 11.9 Å². The molecule has 0 aromatic carbocycles. The summed E-state index contributed by atoms with van der Waals surface area (Å²) < 4.78 is 5.05. The largest absolute Gasteiger partial charge is 0.550 e. The van der Waals surface area contributed by atoms with E-state index in [0.717, 1.165) is 50.8 Å². The smallest absolute Gasteiger partial charge is 0.328 e. The Kier molecular flexibility index (Phi) is 31.4. The summed E-state index contributed by atoms with van der Waals surface area (Å²) in [5, 5.41) is 21.4. The molecule has 0 saturated carbocycles. The number of carboxylic acids is 2. The van der Waals surface area contributed by atoms with Crippen LogP contribution in [0, 0.1) is 0 Å². The first-order valence-electron chi connectivity index (χ1n) is 12.8. The highest BCUT2D eigenvalue weighted by molar-refractivity contribution is 5.93. The molecule has 0 aliphatic rings. The van der Waals surface area contributed by atoms with Crippen LogP contribution in [-0.4, -0.2) is 67.6 Å². The van der Waals surface area contributed by atoms with Crippen molar-refractivity contribution in [2.45, 2.75) is 97.8 Å². The molecule has 1 amide bonds. The van der Waals surface area contributed by atoms with Gasteiger partial charge < -0.3 is 30.0 Å². The average molecular weight is 502 g/mol. The van der Waals surface area contributed by atoms with E-state index in [1.807, 2.05) is 14.0 Å². The summed E-state index contributed by atoms with van der Waals surface area (Å²) in [5.41, 5.74) is 0. The third-order valence-electron chi connectivity index (χ3n) is 4.58. The minimum atomic E-state index is -1.10. The molecule has 35 heavy (non-hydrogen) atoms. The van der Waals surface area contributed by atoms with E-state index >= 15 is 0 Å². The number of hydrogen-bond donors (Lipinski definition) is 2. The summed E-state index contributed by atoms with van der Waals surface area (Å²) in [6.07, 6.45) is 12.3. The number of carbonyl (C=O) groups excluding carboxylic acids is 3. The first-order chi connectivity index (χ1) is 16.7. The van der Waals surface area contributed by atoms with Crippen LogP contribution in [0.4, 0.5) is 0 Å². The van der Waals surface area contributed by atoms with Crippen molar-refractivity contribution in [3.63, 3.8) is 0 Å². The van der Waals surface area contributed by atoms with Gasteiger partial charge >= 0.3 is 11.9 Å². The number of hydrogen-bond acceptors (Lipinski definition) is 7. The van der Waals surface area contributed by atoms with E-state index in [2.05, 4.69) is 19.2 Å². The van der Waals surface area contributed by atoms with Gasteiger partial charge in [-0.05, 0) is 58.5 Å². The molecule has 0 aliphatic heterocycles. The Morgan fingerprint density at radius 3 is 1.94 bits per heavy atom. The van der Waals surface area contributed by atoms with Crippen molar-refractivity contribution in [3.8, 4) is 0 Å². The highest BCUT2D eigenvalue weighted by Gasteiger charge is 2.03. The zero-order valence-corrected chi connectivity index (χ0v) is 22.6. The van der Waals surface area contributed by atoms with Crippen LogP contribution >= 0.6 is 0 Å². The van der Waals surface area contributed by atoms with Gasteiger partial charge in [0.25, 0.3) is 0 Å². The lowest BCUT2D eigenvalue weighted by Crippen LogP contribution is -2.25. The molecule has 0 unspecified atom stereocenters. The van der Waals surface area contributed by atoms with E-state index in [9.17, 15) is 24.3 Å². The molecular weight excluding hydrogens is 452 g/mol. The van der Waals surface area contributed by atoms with E-state index in [-0.39, 0.29) is 18.3 Å². The maximum absolute atomic E-state index is 11.3. The number of ether oxygens (including phenoxy) is 1. The van der Waals surface area contributed by atoms with E-state index in [0.29, 0.717) is 26.0 Å². The third kappa shape index (κ3) is 36.3. The second-order valence-corrected chi connectivity index (χ2v) is 8.10. The Hall–Kier alpha value is -2.42. The van der Waals surface area contributed by atoms with E-state index in [1.54, 1.807) is 7.05 Å². The number of likely N-dealkylation sites (N-methyl/N-ethyl adjacent to an activating group) is 1. The molecule has 9 heteroatoms. The van der Waals surface area contributed by atoms with Gasteiger partial charge in [-0.25, -0.2) is 4.79 Å². The molecule has 0 spiro atoms. The van der Waals surface area contributed by atoms with Crippen molar-refractivity contribution in [1.82, 2.24) is 10.2 Å². The van der Waals surface area contributed by atoms with Crippen molar-refractivity contribution >= 4 is 23.8 Å². The van der Waals surface area contributed by atoms with Crippen LogP contribution in [-0.2, 0) is 23.9 Å². The van der Waals surface area contributed by atoms with Gasteiger partial charge in [-0.2, -0.15) is 0 Å². The highest BCUT2D eigenvalue weighted by Crippen LogP contribution is 2.06. The van der Waals surface area contributed by atoms with Crippen LogP contribution in [0.15, 0.2) is 12.2 Å². The summed E-state index contributed by atoms with van der Waals surface area (Å²) in [5.74, 6) is -2.53. The number of esters is 1. The molecule has 0 saturated heterocycles. The fraction of sp³-hybridized carbons (Fsp3) is 0.769. The first-order valence-corrected chi connectivity index (χ1v) is 12.8. The molecule has 0 atom stereocenters. The Balaban J connectivity index is -0.000000516. The quantitative estimate of drug-likeness (QED) is 0.166. The number of nitrogens with one attached hydrogen (secondary N) is 1. The second-order valence-electron chi connectivity index (χ2n) is 8.10. The van der Waals surface area contributed by atoms with Crippen LogP contribution < -0.4 is 10.4 Å². The molecule has 0 aromatic rings. The van der Waals surface area contributed by atoms with E-state index in [1.165, 1.54) is 30.6 Å². The Bertz CT molecular complexity index is 564. The molecular formula is C26H49N2O7-. The molecule has 0 aromatic heterocycles. The number of amides is 1. The van der Waals surface area contributed by atoms with Crippen LogP contribution in [0.2, 0.25) is 0 Å². The van der Waals surface area contributed by atoms with Crippen LogP contribution in [0.5, 0.6) is 0 Å². The third-order valence-corrected chi connectivity index (χ3v) is 4.58. The van der Waals surface area contributed by atoms with Crippen molar-refractivity contribution < 1.29 is 34.1 Å². The van der Waals surface area contributed by atoms with Crippen molar-refractivity contribution in [2.75, 3.05) is 33.8 Å². The topological polar surface area (TPSA) is 136 Å². The summed E-state index contributed by atoms with van der Waals surface area (Å²) >= 11 is 0. The van der Waals surface area contributed by atoms with Gasteiger partial charge in [0.05, 0.1) is 6.61 Å². The monoisotopic (exact) mass is 501 g/mol. The van der Waals surface area contributed by atoms with Gasteiger partial charge in [-0.15, -0.1) is 0 Å². The summed E-state index contributed by atoms with van der Waals surface area (Å²) in [7, 11) is 3.60. The zero-order chi connectivity index (χ0) is 27.3. The minimum absolute atomic E-state index is 0.0887. The number of carbonyl (C=O) groups is 4. The van der Waals surface area contributed by atoms with Crippen molar-refractivity contribution in [1.29, 1.82) is 0 Å². The maximum Gasteiger partial charge on any atom is 0.328 e. The number of unbranched alkanes of at least 4 members (excludes halogenated alkanes) is 6. The lowest BCUT2D eigenvalue weighted by molar-refractivity contribution is -0.305. The van der Waals surface area contributed by atoms with Gasteiger partial charge in [0, 0.05) is 38.1 Å². The number of nitrogens with zero attached hydrogens (tertiary/aromatic N) is 1. The fourth-order valence-electron chi connectivity index (χ4n) is 2.64. The Morgan fingerprint density at radius 1 is 0.857 bits per heavy atom. The second kappa shape index (κ2) is 29.6. The molecule has 0 radical (unpaired) electrons. The molecule has 2 N–H and O–H groups in total. The average Bonchev–Trinajstić information content (AvgIpc) is 2.81. The fourth-order valence-corrected chi connectivity index (χ4v) is 2.64. The van der Waals surface area contributed by atoms with Gasteiger partial charge in [0.1, 0.15) is 0 Å². The molecule has 0 aliphatic carbocycles. The minimum Gasteiger partial charge on any atom is -0.550 e. The van der Waals surface area contributed by atoms with Gasteiger partial charge in [0.2, 0.25) is 5.91 Å². The van der Waals surface area contributed by atoms with Crippen LogP contribution in [0.1, 0.15) is 97.8 Å². The lowest BCUT2D eigenvalue weighted by Gasteiger charge is -2.12. The number of rotatable bonds is 18. The molecule has 0 heterocycles. The normalized spacial score (nSPS) is 9.97. The summed E-state index contributed by atoms with van der Waals surface area (Å²) in [6, 6.07) is 0. The molecule has 0 rings (SSSR count). The lowest BCUT2D eigenvalue weighted by atomic mass is 10.1. The predicted molar refractivity (Wildman–Crippen MR) is 137 cm³/mol. The highest BCUT2D eigenvalue weighted by atomic mass is 16.5. The molecule has 206 valence electrons. The SMILES string of the molecule is CCCCCCCC(=O)OCCCCCC(=O)[O-].CCCN(C)C(=O)C=CC(=O)O.CCCNC. The van der Waals surface area contributed by atoms with Gasteiger partial charge in [-0.3, -0.25) is 9.59 Å². The molecule has 9 nitrogen and oxygen atoms in total. The maximum atomic E-state index is 11.3. The summed E-state index contributed by atoms with van der Waals surface area (Å²) in [6.45, 7) is 8.44. The molecule has 0 bridgehead atoms. The summed E-state index contributed by atoms with van der Waals surface area (Å²) in [4.78, 5) is 43.9. The van der Waals surface area contributed by atoms with Gasteiger partial charge in [-0.1, -0.05) is 46.5 Å². The van der Waals surface area contributed by atoms with Crippen LogP contribution in [0.3, 0.4) is 0 Å². The predicted octanol–water partition coefficient (Wildman–Crippen LogP) is 3.31. The van der Waals surface area contributed by atoms with Gasteiger partial charge in [0.15, 0.2) is 0 Å².